The Morgan fingerprint density at radius 3 is 2.93 bits per heavy atom. The van der Waals surface area contributed by atoms with Gasteiger partial charge in [-0.3, -0.25) is 0 Å². The summed E-state index contributed by atoms with van der Waals surface area (Å²) in [6, 6.07) is 7.95. The summed E-state index contributed by atoms with van der Waals surface area (Å²) in [6.45, 7) is 0.530. The molecule has 0 aliphatic heterocycles. The number of benzene rings is 1. The first-order chi connectivity index (χ1) is 7.18. The van der Waals surface area contributed by atoms with Gasteiger partial charge in [-0.25, -0.2) is 0 Å². The highest BCUT2D eigenvalue weighted by molar-refractivity contribution is 5.83. The van der Waals surface area contributed by atoms with E-state index in [1.54, 1.807) is 4.90 Å². The number of aliphatic hydroxyl groups is 1. The molecule has 79 valence electrons. The van der Waals surface area contributed by atoms with Crippen molar-refractivity contribution in [3.05, 3.63) is 43.1 Å². The summed E-state index contributed by atoms with van der Waals surface area (Å²) in [5.74, 6) is 0. The van der Waals surface area contributed by atoms with Gasteiger partial charge >= 0.3 is 0 Å². The van der Waals surface area contributed by atoms with Crippen molar-refractivity contribution in [2.45, 2.75) is 6.10 Å². The highest BCUT2D eigenvalue weighted by atomic mass is 16.3. The maximum absolute atomic E-state index is 9.98. The van der Waals surface area contributed by atoms with Crippen molar-refractivity contribution < 1.29 is 5.11 Å². The second kappa shape index (κ2) is 4.04. The number of nitrogens with zero attached hydrogens (tertiary/aromatic N) is 1. The quantitative estimate of drug-likeness (QED) is 0.800. The molecule has 2 N–H and O–H groups in total. The van der Waals surface area contributed by atoms with Crippen LogP contribution in [-0.4, -0.2) is 28.6 Å². The topological polar surface area (TPSA) is 39.3 Å². The molecule has 1 radical (unpaired) electrons. The van der Waals surface area contributed by atoms with Gasteiger partial charge in [0.25, 0.3) is 0 Å². The second-order valence-corrected chi connectivity index (χ2v) is 3.84. The molecular formula is C12H15N2O. The zero-order valence-corrected chi connectivity index (χ0v) is 8.77. The normalized spacial score (nSPS) is 13.6. The van der Waals surface area contributed by atoms with Gasteiger partial charge in [-0.1, -0.05) is 18.2 Å². The van der Waals surface area contributed by atoms with Crippen molar-refractivity contribution in [1.29, 1.82) is 0 Å². The van der Waals surface area contributed by atoms with Crippen LogP contribution in [0.4, 0.5) is 0 Å². The number of likely N-dealkylation sites (N-methyl/N-ethyl adjacent to an activating group) is 1. The van der Waals surface area contributed by atoms with Crippen LogP contribution >= 0.6 is 0 Å². The van der Waals surface area contributed by atoms with Crippen molar-refractivity contribution in [2.24, 2.45) is 0 Å². The van der Waals surface area contributed by atoms with Crippen LogP contribution in [0, 0.1) is 7.05 Å². The van der Waals surface area contributed by atoms with Gasteiger partial charge < -0.3 is 15.0 Å². The van der Waals surface area contributed by atoms with E-state index >= 15 is 0 Å². The van der Waals surface area contributed by atoms with E-state index in [-0.39, 0.29) is 0 Å². The fourth-order valence-corrected chi connectivity index (χ4v) is 1.76. The standard InChI is InChI=1S/C12H15N2O/c1-14(2)8-12(15)10-7-13-11-6-4-3-5-9(10)11/h3-7,12-13,15H,1,8H2,2H3. The summed E-state index contributed by atoms with van der Waals surface area (Å²) >= 11 is 0. The number of hydrogen-bond acceptors (Lipinski definition) is 2. The van der Waals surface area contributed by atoms with Gasteiger partial charge in [0.2, 0.25) is 0 Å². The molecule has 3 nitrogen and oxygen atoms in total. The smallest absolute Gasteiger partial charge is 0.0937 e. The number of nitrogens with one attached hydrogen (secondary N) is 1. The minimum Gasteiger partial charge on any atom is -0.387 e. The Hall–Kier alpha value is -1.32. The van der Waals surface area contributed by atoms with E-state index in [0.717, 1.165) is 16.5 Å². The van der Waals surface area contributed by atoms with Crippen molar-refractivity contribution in [2.75, 3.05) is 13.6 Å². The molecule has 2 rings (SSSR count). The number of aliphatic hydroxyl groups excluding tert-OH is 1. The molecular weight excluding hydrogens is 188 g/mol. The van der Waals surface area contributed by atoms with Gasteiger partial charge in [0, 0.05) is 36.3 Å². The number of fused-ring (bicyclic) bond motifs is 1. The van der Waals surface area contributed by atoms with E-state index in [9.17, 15) is 5.11 Å². The molecule has 1 aromatic carbocycles. The third-order valence-corrected chi connectivity index (χ3v) is 2.46. The summed E-state index contributed by atoms with van der Waals surface area (Å²) in [7, 11) is 5.58. The molecule has 15 heavy (non-hydrogen) atoms. The lowest BCUT2D eigenvalue weighted by atomic mass is 10.1. The first-order valence-electron chi connectivity index (χ1n) is 4.94. The predicted octanol–water partition coefficient (Wildman–Crippen LogP) is 1.92. The van der Waals surface area contributed by atoms with Crippen LogP contribution in [0.2, 0.25) is 0 Å². The molecule has 2 aromatic rings. The van der Waals surface area contributed by atoms with Crippen LogP contribution in [0.25, 0.3) is 10.9 Å². The van der Waals surface area contributed by atoms with Gasteiger partial charge in [-0.05, 0) is 13.1 Å². The van der Waals surface area contributed by atoms with Gasteiger partial charge in [-0.15, -0.1) is 0 Å². The summed E-state index contributed by atoms with van der Waals surface area (Å²) in [5.41, 5.74) is 1.99. The molecule has 1 unspecified atom stereocenters. The predicted molar refractivity (Wildman–Crippen MR) is 61.2 cm³/mol. The molecule has 1 aromatic heterocycles. The van der Waals surface area contributed by atoms with Crippen LogP contribution < -0.4 is 0 Å². The molecule has 0 aliphatic rings. The minimum atomic E-state index is -0.497. The Labute approximate surface area is 89.3 Å². The molecule has 0 saturated heterocycles. The molecule has 1 heterocycles. The first kappa shape index (κ1) is 10.2. The summed E-state index contributed by atoms with van der Waals surface area (Å²) in [4.78, 5) is 4.87. The van der Waals surface area contributed by atoms with E-state index in [1.807, 2.05) is 37.5 Å². The van der Waals surface area contributed by atoms with Crippen molar-refractivity contribution in [1.82, 2.24) is 9.88 Å². The maximum Gasteiger partial charge on any atom is 0.0937 e. The van der Waals surface area contributed by atoms with Crippen LogP contribution in [0.5, 0.6) is 0 Å². The number of para-hydroxylation sites is 1. The Bertz CT molecular complexity index is 448. The Morgan fingerprint density at radius 1 is 1.47 bits per heavy atom. The van der Waals surface area contributed by atoms with Gasteiger partial charge in [0.15, 0.2) is 0 Å². The highest BCUT2D eigenvalue weighted by Gasteiger charge is 2.12. The number of hydrogen-bond donors (Lipinski definition) is 2. The van der Waals surface area contributed by atoms with Crippen molar-refractivity contribution in [3.63, 3.8) is 0 Å². The maximum atomic E-state index is 9.98. The lowest BCUT2D eigenvalue weighted by molar-refractivity contribution is 0.146. The summed E-state index contributed by atoms with van der Waals surface area (Å²) in [5, 5.41) is 11.1. The molecule has 3 heteroatoms. The Morgan fingerprint density at radius 2 is 2.20 bits per heavy atom. The van der Waals surface area contributed by atoms with Crippen LogP contribution in [0.15, 0.2) is 30.5 Å². The molecule has 0 bridgehead atoms. The average molecular weight is 203 g/mol. The zero-order valence-electron chi connectivity index (χ0n) is 8.77. The number of aromatic nitrogens is 1. The molecule has 0 amide bonds. The largest absolute Gasteiger partial charge is 0.387 e. The summed E-state index contributed by atoms with van der Waals surface area (Å²) < 4.78 is 0. The molecule has 0 aliphatic carbocycles. The monoisotopic (exact) mass is 203 g/mol. The molecule has 1 atom stereocenters. The van der Waals surface area contributed by atoms with Gasteiger partial charge in [0.05, 0.1) is 6.10 Å². The minimum absolute atomic E-state index is 0.497. The fraction of sp³-hybridized carbons (Fsp3) is 0.250. The van der Waals surface area contributed by atoms with E-state index in [0.29, 0.717) is 6.54 Å². The zero-order chi connectivity index (χ0) is 10.8. The number of H-pyrrole nitrogens is 1. The molecule has 0 spiro atoms. The van der Waals surface area contributed by atoms with E-state index in [1.165, 1.54) is 0 Å². The Kier molecular flexibility index (Phi) is 2.75. The second-order valence-electron chi connectivity index (χ2n) is 3.84. The van der Waals surface area contributed by atoms with Crippen molar-refractivity contribution >= 4 is 10.9 Å². The van der Waals surface area contributed by atoms with Gasteiger partial charge in [-0.2, -0.15) is 0 Å². The van der Waals surface area contributed by atoms with Crippen LogP contribution in [0.3, 0.4) is 0 Å². The van der Waals surface area contributed by atoms with E-state index < -0.39 is 6.10 Å². The third-order valence-electron chi connectivity index (χ3n) is 2.46. The van der Waals surface area contributed by atoms with E-state index in [4.69, 9.17) is 0 Å². The average Bonchev–Trinajstić information content (AvgIpc) is 2.59. The third kappa shape index (κ3) is 2.03. The van der Waals surface area contributed by atoms with Gasteiger partial charge in [0.1, 0.15) is 0 Å². The summed E-state index contributed by atoms with van der Waals surface area (Å²) in [6.07, 6.45) is 1.36. The highest BCUT2D eigenvalue weighted by Crippen LogP contribution is 2.24. The van der Waals surface area contributed by atoms with Crippen molar-refractivity contribution in [3.8, 4) is 0 Å². The molecule has 0 fully saturated rings. The van der Waals surface area contributed by atoms with Crippen LogP contribution in [-0.2, 0) is 0 Å². The van der Waals surface area contributed by atoms with E-state index in [2.05, 4.69) is 12.0 Å². The Balaban J connectivity index is 2.35. The first-order valence-corrected chi connectivity index (χ1v) is 4.94. The van der Waals surface area contributed by atoms with Crippen LogP contribution in [0.1, 0.15) is 11.7 Å². The lowest BCUT2D eigenvalue weighted by Gasteiger charge is -2.14. The molecule has 0 saturated carbocycles. The lowest BCUT2D eigenvalue weighted by Crippen LogP contribution is -2.17. The number of rotatable bonds is 3. The SMILES string of the molecule is [CH2]N(C)CC(O)c1c[nH]c2ccccc12. The number of aromatic amines is 1. The fourth-order valence-electron chi connectivity index (χ4n) is 1.76.